The summed E-state index contributed by atoms with van der Waals surface area (Å²) in [7, 11) is 1.43. The van der Waals surface area contributed by atoms with Crippen molar-refractivity contribution in [2.75, 3.05) is 12.0 Å². The van der Waals surface area contributed by atoms with Crippen molar-refractivity contribution in [2.45, 2.75) is 77.3 Å². The van der Waals surface area contributed by atoms with E-state index >= 15 is 0 Å². The predicted molar refractivity (Wildman–Crippen MR) is 128 cm³/mol. The molecule has 1 saturated carbocycles. The molecule has 1 amide bonds. The summed E-state index contributed by atoms with van der Waals surface area (Å²) in [5, 5.41) is 0. The Morgan fingerprint density at radius 2 is 1.94 bits per heavy atom. The number of benzene rings is 2. The molecule has 0 N–H and O–H groups in total. The summed E-state index contributed by atoms with van der Waals surface area (Å²) in [5.74, 6) is 0.810. The molecular formula is C27H32FN3O2. The van der Waals surface area contributed by atoms with Gasteiger partial charge in [0.05, 0.1) is 23.8 Å². The Morgan fingerprint density at radius 1 is 1.15 bits per heavy atom. The maximum Gasteiger partial charge on any atom is 0.414 e. The van der Waals surface area contributed by atoms with E-state index in [1.807, 2.05) is 12.1 Å². The van der Waals surface area contributed by atoms with Gasteiger partial charge in [0.25, 0.3) is 0 Å². The molecular weight excluding hydrogens is 417 g/mol. The van der Waals surface area contributed by atoms with E-state index in [1.54, 1.807) is 17.9 Å². The zero-order chi connectivity index (χ0) is 23.1. The lowest BCUT2D eigenvalue weighted by Gasteiger charge is -2.34. The number of carbonyl (C=O) groups excluding carboxylic acids is 1. The lowest BCUT2D eigenvalue weighted by Crippen LogP contribution is -2.42. The van der Waals surface area contributed by atoms with Crippen molar-refractivity contribution in [3.05, 3.63) is 58.7 Å². The second-order valence-electron chi connectivity index (χ2n) is 9.61. The van der Waals surface area contributed by atoms with Crippen LogP contribution in [0.15, 0.2) is 30.3 Å². The molecule has 0 radical (unpaired) electrons. The Kier molecular flexibility index (Phi) is 5.85. The van der Waals surface area contributed by atoms with Gasteiger partial charge in [-0.05, 0) is 68.9 Å². The van der Waals surface area contributed by atoms with Crippen LogP contribution in [-0.2, 0) is 17.6 Å². The fourth-order valence-electron chi connectivity index (χ4n) is 5.62. The van der Waals surface area contributed by atoms with Gasteiger partial charge in [-0.2, -0.15) is 0 Å². The van der Waals surface area contributed by atoms with Gasteiger partial charge in [-0.3, -0.25) is 4.90 Å². The van der Waals surface area contributed by atoms with Gasteiger partial charge in [0, 0.05) is 24.1 Å². The number of aryl methyl sites for hydroxylation is 2. The molecule has 2 heterocycles. The van der Waals surface area contributed by atoms with E-state index in [0.717, 1.165) is 59.4 Å². The second kappa shape index (κ2) is 8.81. The quantitative estimate of drug-likeness (QED) is 0.459. The number of ether oxygens (including phenoxy) is 1. The lowest BCUT2D eigenvalue weighted by molar-refractivity contribution is 0.175. The molecule has 1 atom stereocenters. The zero-order valence-electron chi connectivity index (χ0n) is 19.7. The molecule has 2 aliphatic rings. The van der Waals surface area contributed by atoms with Crippen molar-refractivity contribution < 1.29 is 13.9 Å². The third kappa shape index (κ3) is 3.90. The minimum Gasteiger partial charge on any atom is -0.452 e. The maximum absolute atomic E-state index is 14.3. The number of halogens is 1. The highest BCUT2D eigenvalue weighted by Gasteiger charge is 2.32. The summed E-state index contributed by atoms with van der Waals surface area (Å²) in [4.78, 5) is 19.5. The normalized spacial score (nSPS) is 19.0. The highest BCUT2D eigenvalue weighted by atomic mass is 19.1. The van der Waals surface area contributed by atoms with Crippen LogP contribution in [0, 0.1) is 12.7 Å². The number of hydrogen-bond acceptors (Lipinski definition) is 3. The van der Waals surface area contributed by atoms with Gasteiger partial charge in [-0.1, -0.05) is 31.4 Å². The van der Waals surface area contributed by atoms with Crippen molar-refractivity contribution in [1.29, 1.82) is 0 Å². The molecule has 0 bridgehead atoms. The Morgan fingerprint density at radius 3 is 2.67 bits per heavy atom. The number of rotatable bonds is 3. The number of carbonyl (C=O) groups is 1. The molecule has 0 spiro atoms. The van der Waals surface area contributed by atoms with E-state index in [-0.39, 0.29) is 18.0 Å². The average molecular weight is 450 g/mol. The molecule has 5 rings (SSSR count). The number of methoxy groups -OCH3 is 1. The van der Waals surface area contributed by atoms with Gasteiger partial charge in [0.15, 0.2) is 0 Å². The van der Waals surface area contributed by atoms with E-state index in [2.05, 4.69) is 23.6 Å². The number of fused-ring (bicyclic) bond motifs is 3. The van der Waals surface area contributed by atoms with E-state index in [0.29, 0.717) is 18.0 Å². The smallest absolute Gasteiger partial charge is 0.414 e. The lowest BCUT2D eigenvalue weighted by atomic mass is 9.94. The first-order chi connectivity index (χ1) is 16.0. The molecule has 2 aromatic carbocycles. The van der Waals surface area contributed by atoms with Crippen LogP contribution in [0.4, 0.5) is 14.9 Å². The van der Waals surface area contributed by atoms with Crippen LogP contribution in [0.25, 0.3) is 11.0 Å². The third-order valence-electron chi connectivity index (χ3n) is 7.44. The molecule has 174 valence electrons. The topological polar surface area (TPSA) is 47.4 Å². The molecule has 6 heteroatoms. The van der Waals surface area contributed by atoms with Gasteiger partial charge < -0.3 is 9.30 Å². The highest BCUT2D eigenvalue weighted by Crippen LogP contribution is 2.39. The summed E-state index contributed by atoms with van der Waals surface area (Å²) < 4.78 is 21.8. The first-order valence-corrected chi connectivity index (χ1v) is 12.1. The molecule has 5 nitrogen and oxygen atoms in total. The Bertz CT molecular complexity index is 1200. The second-order valence-corrected chi connectivity index (χ2v) is 9.61. The SMILES string of the molecule is COC(=O)N1c2ccc3c(nc(Cc4ccc(C)c(F)c4)n3C3CCCCC3)c2CC[C@@H]1C. The monoisotopic (exact) mass is 449 g/mol. The molecule has 1 fully saturated rings. The summed E-state index contributed by atoms with van der Waals surface area (Å²) in [6, 6.07) is 10.1. The number of aromatic nitrogens is 2. The van der Waals surface area contributed by atoms with Crippen LogP contribution in [0.2, 0.25) is 0 Å². The minimum absolute atomic E-state index is 0.0813. The van der Waals surface area contributed by atoms with Crippen LogP contribution in [0.1, 0.15) is 74.0 Å². The van der Waals surface area contributed by atoms with Crippen LogP contribution in [0.5, 0.6) is 0 Å². The first kappa shape index (κ1) is 21.9. The largest absolute Gasteiger partial charge is 0.452 e. The third-order valence-corrected chi connectivity index (χ3v) is 7.44. The molecule has 0 saturated heterocycles. The zero-order valence-corrected chi connectivity index (χ0v) is 19.7. The molecule has 3 aromatic rings. The fraction of sp³-hybridized carbons (Fsp3) is 0.481. The van der Waals surface area contributed by atoms with Crippen LogP contribution in [-0.4, -0.2) is 28.8 Å². The molecule has 0 unspecified atom stereocenters. The van der Waals surface area contributed by atoms with Gasteiger partial charge in [0.2, 0.25) is 0 Å². The van der Waals surface area contributed by atoms with Crippen LogP contribution in [0.3, 0.4) is 0 Å². The first-order valence-electron chi connectivity index (χ1n) is 12.1. The molecule has 1 aromatic heterocycles. The minimum atomic E-state index is -0.329. The fourth-order valence-corrected chi connectivity index (χ4v) is 5.62. The van der Waals surface area contributed by atoms with E-state index in [4.69, 9.17) is 9.72 Å². The Balaban J connectivity index is 1.65. The number of hydrogen-bond donors (Lipinski definition) is 0. The summed E-state index contributed by atoms with van der Waals surface area (Å²) >= 11 is 0. The Labute approximate surface area is 194 Å². The van der Waals surface area contributed by atoms with Gasteiger partial charge >= 0.3 is 6.09 Å². The van der Waals surface area contributed by atoms with Gasteiger partial charge in [0.1, 0.15) is 11.6 Å². The van der Waals surface area contributed by atoms with Crippen LogP contribution < -0.4 is 4.90 Å². The number of amides is 1. The number of nitrogens with zero attached hydrogens (tertiary/aromatic N) is 3. The van der Waals surface area contributed by atoms with Crippen molar-refractivity contribution in [3.63, 3.8) is 0 Å². The van der Waals surface area contributed by atoms with Gasteiger partial charge in [-0.15, -0.1) is 0 Å². The Hall–Kier alpha value is -2.89. The molecule has 33 heavy (non-hydrogen) atoms. The van der Waals surface area contributed by atoms with Crippen molar-refractivity contribution in [3.8, 4) is 0 Å². The molecule has 1 aliphatic carbocycles. The predicted octanol–water partition coefficient (Wildman–Crippen LogP) is 6.49. The average Bonchev–Trinajstić information content (AvgIpc) is 3.19. The summed E-state index contributed by atoms with van der Waals surface area (Å²) in [6.07, 6.45) is 8.02. The van der Waals surface area contributed by atoms with Crippen molar-refractivity contribution in [1.82, 2.24) is 9.55 Å². The summed E-state index contributed by atoms with van der Waals surface area (Å²) in [5.41, 5.74) is 5.70. The highest BCUT2D eigenvalue weighted by molar-refractivity contribution is 5.95. The van der Waals surface area contributed by atoms with Crippen molar-refractivity contribution in [2.24, 2.45) is 0 Å². The van der Waals surface area contributed by atoms with Gasteiger partial charge in [-0.25, -0.2) is 14.2 Å². The standard InChI is InChI=1S/C27H32FN3O2/c1-17-9-11-19(15-22(17)28)16-25-29-26-21-12-10-18(2)30(27(32)33-3)23(21)13-14-24(26)31(25)20-7-5-4-6-8-20/h9,11,13-15,18,20H,4-8,10,12,16H2,1-3H3/t18-/m0/s1. The van der Waals surface area contributed by atoms with Crippen LogP contribution >= 0.6 is 0 Å². The number of imidazole rings is 1. The number of anilines is 1. The van der Waals surface area contributed by atoms with E-state index < -0.39 is 0 Å². The van der Waals surface area contributed by atoms with Crippen molar-refractivity contribution >= 4 is 22.8 Å². The summed E-state index contributed by atoms with van der Waals surface area (Å²) in [6.45, 7) is 3.85. The van der Waals surface area contributed by atoms with E-state index in [9.17, 15) is 9.18 Å². The maximum atomic E-state index is 14.3. The van der Waals surface area contributed by atoms with E-state index in [1.165, 1.54) is 26.4 Å². The molecule has 1 aliphatic heterocycles.